The van der Waals surface area contributed by atoms with Crippen molar-refractivity contribution in [2.75, 3.05) is 24.8 Å². The van der Waals surface area contributed by atoms with Crippen LogP contribution in [0, 0.1) is 0 Å². The van der Waals surface area contributed by atoms with Crippen LogP contribution in [-0.4, -0.2) is 75.5 Å². The number of carboxylic acid groups (broad SMARTS) is 1. The summed E-state index contributed by atoms with van der Waals surface area (Å²) in [7, 11) is 1.29. The zero-order valence-electron chi connectivity index (χ0n) is 25.9. The number of thioether (sulfide) groups is 1. The number of hydrogen-bond donors (Lipinski definition) is 4. The van der Waals surface area contributed by atoms with Crippen molar-refractivity contribution in [2.24, 2.45) is 10.9 Å². The van der Waals surface area contributed by atoms with E-state index in [1.165, 1.54) is 30.2 Å². The van der Waals surface area contributed by atoms with Crippen LogP contribution in [-0.2, 0) is 29.5 Å². The quantitative estimate of drug-likeness (QED) is 0.0736. The molecule has 3 heterocycles. The summed E-state index contributed by atoms with van der Waals surface area (Å²) in [5.41, 5.74) is 6.99. The van der Waals surface area contributed by atoms with E-state index in [-0.39, 0.29) is 35.0 Å². The Morgan fingerprint density at radius 2 is 1.57 bits per heavy atom. The van der Waals surface area contributed by atoms with Gasteiger partial charge in [-0.25, -0.2) is 14.6 Å². The second-order valence-electron chi connectivity index (χ2n) is 10.9. The van der Waals surface area contributed by atoms with Gasteiger partial charge in [-0.1, -0.05) is 96.2 Å². The highest BCUT2D eigenvalue weighted by Gasteiger charge is 2.54. The number of rotatable bonds is 12. The van der Waals surface area contributed by atoms with E-state index in [4.69, 9.17) is 20.3 Å². The van der Waals surface area contributed by atoms with Gasteiger partial charge in [0.25, 0.3) is 11.8 Å². The van der Waals surface area contributed by atoms with Crippen molar-refractivity contribution in [3.05, 3.63) is 130 Å². The second-order valence-corrected chi connectivity index (χ2v) is 12.8. The molecule has 250 valence electrons. The van der Waals surface area contributed by atoms with Gasteiger partial charge in [0.1, 0.15) is 42.1 Å². The number of anilines is 1. The molecule has 15 heteroatoms. The molecule has 3 aromatic carbocycles. The highest BCUT2D eigenvalue weighted by molar-refractivity contribution is 8.00. The third-order valence-electron chi connectivity index (χ3n) is 7.98. The highest BCUT2D eigenvalue weighted by Crippen LogP contribution is 2.42. The molecule has 0 bridgehead atoms. The molecular weight excluding hydrogens is 669 g/mol. The number of carbonyl (C=O) groups excluding carboxylic acids is 3. The van der Waals surface area contributed by atoms with Crippen molar-refractivity contribution in [2.45, 2.75) is 17.0 Å². The van der Waals surface area contributed by atoms with Gasteiger partial charge in [0.05, 0.1) is 0 Å². The number of hydrogen-bond acceptors (Lipinski definition) is 11. The van der Waals surface area contributed by atoms with Gasteiger partial charge in [0.15, 0.2) is 10.8 Å². The largest absolute Gasteiger partial charge is 0.477 e. The molecule has 3 amide bonds. The number of primary amides is 1. The van der Waals surface area contributed by atoms with Gasteiger partial charge in [0.2, 0.25) is 0 Å². The second kappa shape index (κ2) is 14.2. The molecular formula is C34H30N6O7S2. The van der Waals surface area contributed by atoms with Crippen LogP contribution in [0.15, 0.2) is 113 Å². The number of carboxylic acids is 1. The van der Waals surface area contributed by atoms with Crippen LogP contribution >= 0.6 is 23.1 Å². The first-order valence-electron chi connectivity index (χ1n) is 14.9. The van der Waals surface area contributed by atoms with E-state index in [1.807, 2.05) is 91.0 Å². The molecule has 6 rings (SSSR count). The van der Waals surface area contributed by atoms with E-state index in [2.05, 4.69) is 15.8 Å². The van der Waals surface area contributed by atoms with Gasteiger partial charge in [-0.15, -0.1) is 23.1 Å². The third kappa shape index (κ3) is 6.45. The lowest BCUT2D eigenvalue weighted by molar-refractivity contribution is -0.150. The lowest BCUT2D eigenvalue weighted by Crippen LogP contribution is -2.71. The molecule has 0 radical (unpaired) electrons. The summed E-state index contributed by atoms with van der Waals surface area (Å²) in [5, 5.41) is 21.5. The molecule has 0 aliphatic carbocycles. The van der Waals surface area contributed by atoms with Crippen LogP contribution in [0.3, 0.4) is 0 Å². The summed E-state index contributed by atoms with van der Waals surface area (Å²) < 4.78 is 4.77. The minimum atomic E-state index is -1.37. The number of nitrogens with two attached hydrogens (primary N) is 1. The highest BCUT2D eigenvalue weighted by atomic mass is 32.2. The Labute approximate surface area is 288 Å². The number of β-lactam (4-membered cyclic amide) rings is 1. The first-order valence-corrected chi connectivity index (χ1v) is 16.8. The predicted octanol–water partition coefficient (Wildman–Crippen LogP) is 3.73. The fourth-order valence-electron chi connectivity index (χ4n) is 5.84. The number of aromatic nitrogens is 1. The van der Waals surface area contributed by atoms with Gasteiger partial charge in [-0.2, -0.15) is 0 Å². The molecule has 5 N–H and O–H groups in total. The molecule has 1 fully saturated rings. The van der Waals surface area contributed by atoms with Gasteiger partial charge >= 0.3 is 12.1 Å². The lowest BCUT2D eigenvalue weighted by atomic mass is 9.77. The molecule has 0 unspecified atom stereocenters. The summed E-state index contributed by atoms with van der Waals surface area (Å²) in [4.78, 5) is 60.8. The number of aliphatic carboxylic acids is 1. The van der Waals surface area contributed by atoms with Crippen LogP contribution in [0.2, 0.25) is 0 Å². The minimum absolute atomic E-state index is 0.141. The maximum Gasteiger partial charge on any atom is 0.404 e. The van der Waals surface area contributed by atoms with E-state index < -0.39 is 40.8 Å². The minimum Gasteiger partial charge on any atom is -0.477 e. The molecule has 0 saturated carbocycles. The van der Waals surface area contributed by atoms with Crippen molar-refractivity contribution < 1.29 is 33.9 Å². The molecule has 0 spiro atoms. The van der Waals surface area contributed by atoms with E-state index in [0.717, 1.165) is 21.6 Å². The van der Waals surface area contributed by atoms with Crippen molar-refractivity contribution in [3.8, 4) is 0 Å². The number of benzene rings is 3. The Morgan fingerprint density at radius 1 is 1.00 bits per heavy atom. The Morgan fingerprint density at radius 3 is 2.08 bits per heavy atom. The van der Waals surface area contributed by atoms with E-state index in [1.54, 1.807) is 5.38 Å². The van der Waals surface area contributed by atoms with Crippen LogP contribution in [0.25, 0.3) is 0 Å². The number of amides is 3. The maximum atomic E-state index is 13.6. The topological polar surface area (TPSA) is 186 Å². The average molecular weight is 699 g/mol. The van der Waals surface area contributed by atoms with Crippen LogP contribution in [0.4, 0.5) is 9.93 Å². The van der Waals surface area contributed by atoms with Crippen LogP contribution < -0.4 is 16.4 Å². The summed E-state index contributed by atoms with van der Waals surface area (Å²) in [6.45, 7) is -0.373. The van der Waals surface area contributed by atoms with Crippen LogP contribution in [0.1, 0.15) is 22.4 Å². The monoisotopic (exact) mass is 698 g/mol. The molecule has 1 aromatic heterocycles. The van der Waals surface area contributed by atoms with E-state index in [0.29, 0.717) is 5.13 Å². The summed E-state index contributed by atoms with van der Waals surface area (Å²) in [6.07, 6.45) is -1.07. The number of nitrogens with zero attached hydrogens (tertiary/aromatic N) is 3. The SMILES string of the molecule is CON=C(C(=O)N[C@@H]1C(=O)N2C(C(=O)O)=C(COC(N)=O)CS[C@H]12)c1csc(NC(c2ccccc2)(c2ccccc2)c2ccccc2)n1. The number of oxime groups is 1. The molecule has 4 aromatic rings. The van der Waals surface area contributed by atoms with Gasteiger partial charge in [-0.05, 0) is 16.7 Å². The molecule has 49 heavy (non-hydrogen) atoms. The number of thiazole rings is 1. The summed E-state index contributed by atoms with van der Waals surface area (Å²) >= 11 is 2.48. The fraction of sp³-hybridized carbons (Fsp3) is 0.176. The van der Waals surface area contributed by atoms with Crippen molar-refractivity contribution in [1.82, 2.24) is 15.2 Å². The molecule has 2 aliphatic heterocycles. The average Bonchev–Trinajstić information content (AvgIpc) is 3.59. The van der Waals surface area contributed by atoms with E-state index >= 15 is 0 Å². The van der Waals surface area contributed by atoms with Crippen molar-refractivity contribution in [3.63, 3.8) is 0 Å². The first kappa shape index (κ1) is 33.2. The van der Waals surface area contributed by atoms with Crippen molar-refractivity contribution >= 4 is 57.8 Å². The Bertz CT molecular complexity index is 1840. The zero-order valence-corrected chi connectivity index (χ0v) is 27.6. The number of carbonyl (C=O) groups is 4. The standard InChI is InChI=1S/C34H30N6O7S2/c1-46-39-25(28(41)37-26-29(42)40-27(31(43)44)20(17-47-32(35)45)18-48-30(26)40)24-19-49-33(36-24)38-34(21-11-5-2-6-12-21,22-13-7-3-8-14-22)23-15-9-4-10-16-23/h2-16,19,26,30H,17-18H2,1H3,(H2,35,45)(H,36,38)(H,37,41)(H,43,44)/t26-,30-/m1/s1. The maximum absolute atomic E-state index is 13.6. The normalized spacial score (nSPS) is 17.4. The fourth-order valence-corrected chi connectivity index (χ4v) is 7.92. The van der Waals surface area contributed by atoms with E-state index in [9.17, 15) is 24.3 Å². The van der Waals surface area contributed by atoms with Crippen molar-refractivity contribution in [1.29, 1.82) is 0 Å². The lowest BCUT2D eigenvalue weighted by Gasteiger charge is -2.49. The van der Waals surface area contributed by atoms with Gasteiger partial charge < -0.3 is 31.0 Å². The van der Waals surface area contributed by atoms with Gasteiger partial charge in [-0.3, -0.25) is 14.5 Å². The Kier molecular flexibility index (Phi) is 9.64. The molecule has 1 saturated heterocycles. The Balaban J connectivity index is 1.27. The smallest absolute Gasteiger partial charge is 0.404 e. The van der Waals surface area contributed by atoms with Gasteiger partial charge in [0, 0.05) is 16.7 Å². The summed E-state index contributed by atoms with van der Waals surface area (Å²) in [6, 6.07) is 28.8. The number of nitrogens with one attached hydrogen (secondary N) is 2. The third-order valence-corrected chi connectivity index (χ3v) is 10.1. The molecule has 2 atom stereocenters. The number of fused-ring (bicyclic) bond motifs is 1. The van der Waals surface area contributed by atoms with Crippen LogP contribution in [0.5, 0.6) is 0 Å². The first-order chi connectivity index (χ1) is 23.7. The molecule has 2 aliphatic rings. The number of ether oxygens (including phenoxy) is 1. The predicted molar refractivity (Wildman–Crippen MR) is 184 cm³/mol. The Hall–Kier alpha value is -5.67. The summed E-state index contributed by atoms with van der Waals surface area (Å²) in [5.74, 6) is -2.60. The molecule has 13 nitrogen and oxygen atoms in total. The zero-order chi connectivity index (χ0) is 34.5.